The van der Waals surface area contributed by atoms with Gasteiger partial charge in [0.2, 0.25) is 0 Å². The minimum Gasteiger partial charge on any atom is -0.497 e. The lowest BCUT2D eigenvalue weighted by molar-refractivity contribution is 0.414. The molecule has 0 saturated heterocycles. The number of hydrogen-bond acceptors (Lipinski definition) is 2. The Morgan fingerprint density at radius 3 is 2.37 bits per heavy atom. The molecule has 0 aliphatic heterocycles. The molecule has 2 aromatic carbocycles. The number of methoxy groups -OCH3 is 1. The topological polar surface area (TPSA) is 21.3 Å². The molecule has 19 heavy (non-hydrogen) atoms. The molecule has 0 bridgehead atoms. The Morgan fingerprint density at radius 1 is 1.11 bits per heavy atom. The molecular formula is C17H19NO. The lowest BCUT2D eigenvalue weighted by atomic mass is 10.1. The molecule has 2 heteroatoms. The molecule has 98 valence electrons. The van der Waals surface area contributed by atoms with E-state index < -0.39 is 0 Å². The minimum atomic E-state index is 0.145. The van der Waals surface area contributed by atoms with Gasteiger partial charge >= 0.3 is 0 Å². The maximum atomic E-state index is 5.17. The number of ether oxygens (including phenoxy) is 1. The summed E-state index contributed by atoms with van der Waals surface area (Å²) >= 11 is 0. The first-order valence-electron chi connectivity index (χ1n) is 6.37. The van der Waals surface area contributed by atoms with Crippen molar-refractivity contribution in [2.75, 3.05) is 7.11 Å². The second kappa shape index (κ2) is 6.76. The van der Waals surface area contributed by atoms with Crippen LogP contribution in [-0.2, 0) is 6.54 Å². The number of rotatable bonds is 6. The van der Waals surface area contributed by atoms with Crippen molar-refractivity contribution in [2.24, 2.45) is 0 Å². The normalized spacial score (nSPS) is 11.8. The molecule has 2 nitrogen and oxygen atoms in total. The highest BCUT2D eigenvalue weighted by Crippen LogP contribution is 2.18. The van der Waals surface area contributed by atoms with E-state index >= 15 is 0 Å². The van der Waals surface area contributed by atoms with Crippen LogP contribution in [0.4, 0.5) is 0 Å². The molecule has 0 aliphatic rings. The van der Waals surface area contributed by atoms with E-state index in [4.69, 9.17) is 4.74 Å². The van der Waals surface area contributed by atoms with Gasteiger partial charge in [0.25, 0.3) is 0 Å². The van der Waals surface area contributed by atoms with E-state index in [9.17, 15) is 0 Å². The molecule has 0 amide bonds. The molecule has 0 aromatic heterocycles. The second-order valence-corrected chi connectivity index (χ2v) is 4.35. The molecule has 0 saturated carbocycles. The standard InChI is InChI=1S/C17H19NO/c1-3-17(15-9-11-16(19-2)12-10-15)18-13-14-7-5-4-6-8-14/h3-12,17-18H,1,13H2,2H3. The van der Waals surface area contributed by atoms with Crippen molar-refractivity contribution < 1.29 is 4.74 Å². The van der Waals surface area contributed by atoms with Gasteiger partial charge in [0, 0.05) is 6.54 Å². The third-order valence-corrected chi connectivity index (χ3v) is 3.08. The Kier molecular flexibility index (Phi) is 4.76. The van der Waals surface area contributed by atoms with Gasteiger partial charge in [-0.3, -0.25) is 0 Å². The summed E-state index contributed by atoms with van der Waals surface area (Å²) < 4.78 is 5.17. The fraction of sp³-hybridized carbons (Fsp3) is 0.176. The summed E-state index contributed by atoms with van der Waals surface area (Å²) in [5.41, 5.74) is 2.45. The van der Waals surface area contributed by atoms with Gasteiger partial charge in [-0.15, -0.1) is 6.58 Å². The first-order valence-corrected chi connectivity index (χ1v) is 6.37. The first-order chi connectivity index (χ1) is 9.33. The number of benzene rings is 2. The van der Waals surface area contributed by atoms with Crippen LogP contribution in [0.5, 0.6) is 5.75 Å². The van der Waals surface area contributed by atoms with Crippen LogP contribution in [0.15, 0.2) is 67.3 Å². The highest BCUT2D eigenvalue weighted by Gasteiger charge is 2.06. The van der Waals surface area contributed by atoms with Gasteiger partial charge in [-0.25, -0.2) is 0 Å². The monoisotopic (exact) mass is 253 g/mol. The molecule has 2 aromatic rings. The zero-order chi connectivity index (χ0) is 13.5. The maximum Gasteiger partial charge on any atom is 0.118 e. The minimum absolute atomic E-state index is 0.145. The Morgan fingerprint density at radius 2 is 1.79 bits per heavy atom. The van der Waals surface area contributed by atoms with E-state index in [1.165, 1.54) is 11.1 Å². The Labute approximate surface area is 114 Å². The molecule has 0 radical (unpaired) electrons. The van der Waals surface area contributed by atoms with Crippen LogP contribution in [0.2, 0.25) is 0 Å². The molecule has 1 atom stereocenters. The van der Waals surface area contributed by atoms with Crippen LogP contribution >= 0.6 is 0 Å². The molecule has 0 fully saturated rings. The van der Waals surface area contributed by atoms with E-state index in [2.05, 4.69) is 36.2 Å². The highest BCUT2D eigenvalue weighted by atomic mass is 16.5. The molecule has 1 N–H and O–H groups in total. The zero-order valence-electron chi connectivity index (χ0n) is 11.2. The van der Waals surface area contributed by atoms with Gasteiger partial charge in [0.15, 0.2) is 0 Å². The molecule has 1 unspecified atom stereocenters. The van der Waals surface area contributed by atoms with Crippen LogP contribution in [0.1, 0.15) is 17.2 Å². The third-order valence-electron chi connectivity index (χ3n) is 3.08. The van der Waals surface area contributed by atoms with Crippen molar-refractivity contribution >= 4 is 0 Å². The molecule has 0 aliphatic carbocycles. The first kappa shape index (κ1) is 13.4. The fourth-order valence-corrected chi connectivity index (χ4v) is 1.97. The van der Waals surface area contributed by atoms with E-state index in [-0.39, 0.29) is 6.04 Å². The average molecular weight is 253 g/mol. The predicted octanol–water partition coefficient (Wildman–Crippen LogP) is 3.71. The van der Waals surface area contributed by atoms with Crippen molar-refractivity contribution in [3.05, 3.63) is 78.4 Å². The van der Waals surface area contributed by atoms with Gasteiger partial charge in [-0.05, 0) is 23.3 Å². The molecule has 0 heterocycles. The summed E-state index contributed by atoms with van der Waals surface area (Å²) in [6.07, 6.45) is 1.92. The SMILES string of the molecule is C=CC(NCc1ccccc1)c1ccc(OC)cc1. The molecular weight excluding hydrogens is 234 g/mol. The quantitative estimate of drug-likeness (QED) is 0.792. The summed E-state index contributed by atoms with van der Waals surface area (Å²) in [4.78, 5) is 0. The van der Waals surface area contributed by atoms with E-state index in [1.54, 1.807) is 7.11 Å². The van der Waals surface area contributed by atoms with Crippen molar-refractivity contribution in [1.29, 1.82) is 0 Å². The van der Waals surface area contributed by atoms with E-state index in [0.717, 1.165) is 12.3 Å². The second-order valence-electron chi connectivity index (χ2n) is 4.35. The van der Waals surface area contributed by atoms with E-state index in [0.29, 0.717) is 0 Å². The molecule has 0 spiro atoms. The van der Waals surface area contributed by atoms with Crippen molar-refractivity contribution in [2.45, 2.75) is 12.6 Å². The largest absolute Gasteiger partial charge is 0.497 e. The van der Waals surface area contributed by atoms with Crippen LogP contribution < -0.4 is 10.1 Å². The Balaban J connectivity index is 2.01. The summed E-state index contributed by atoms with van der Waals surface area (Å²) in [6, 6.07) is 18.5. The van der Waals surface area contributed by atoms with Crippen molar-refractivity contribution in [3.63, 3.8) is 0 Å². The van der Waals surface area contributed by atoms with Crippen LogP contribution in [0, 0.1) is 0 Å². The Hall–Kier alpha value is -2.06. The summed E-state index contributed by atoms with van der Waals surface area (Å²) in [7, 11) is 1.67. The van der Waals surface area contributed by atoms with Crippen LogP contribution in [-0.4, -0.2) is 7.11 Å². The van der Waals surface area contributed by atoms with E-state index in [1.807, 2.05) is 36.4 Å². The zero-order valence-corrected chi connectivity index (χ0v) is 11.2. The predicted molar refractivity (Wildman–Crippen MR) is 79.2 cm³/mol. The number of nitrogens with one attached hydrogen (secondary N) is 1. The maximum absolute atomic E-state index is 5.17. The van der Waals surface area contributed by atoms with Gasteiger partial charge < -0.3 is 10.1 Å². The Bertz CT molecular complexity index is 505. The lowest BCUT2D eigenvalue weighted by Gasteiger charge is -2.15. The molecule has 2 rings (SSSR count). The van der Waals surface area contributed by atoms with Gasteiger partial charge in [0.1, 0.15) is 5.75 Å². The van der Waals surface area contributed by atoms with Gasteiger partial charge in [0.05, 0.1) is 13.2 Å². The third kappa shape index (κ3) is 3.70. The lowest BCUT2D eigenvalue weighted by Crippen LogP contribution is -2.18. The van der Waals surface area contributed by atoms with Gasteiger partial charge in [-0.1, -0.05) is 48.5 Å². The van der Waals surface area contributed by atoms with Crippen molar-refractivity contribution in [1.82, 2.24) is 5.32 Å². The van der Waals surface area contributed by atoms with Crippen LogP contribution in [0.3, 0.4) is 0 Å². The fourth-order valence-electron chi connectivity index (χ4n) is 1.97. The van der Waals surface area contributed by atoms with Crippen molar-refractivity contribution in [3.8, 4) is 5.75 Å². The smallest absolute Gasteiger partial charge is 0.118 e. The summed E-state index contributed by atoms with van der Waals surface area (Å²) in [5.74, 6) is 0.870. The van der Waals surface area contributed by atoms with Crippen LogP contribution in [0.25, 0.3) is 0 Å². The number of hydrogen-bond donors (Lipinski definition) is 1. The van der Waals surface area contributed by atoms with Gasteiger partial charge in [-0.2, -0.15) is 0 Å². The summed E-state index contributed by atoms with van der Waals surface area (Å²) in [6.45, 7) is 4.72. The highest BCUT2D eigenvalue weighted by molar-refractivity contribution is 5.31. The summed E-state index contributed by atoms with van der Waals surface area (Å²) in [5, 5.41) is 3.48. The average Bonchev–Trinajstić information content (AvgIpc) is 2.49.